The SMILES string of the molecule is COC(=O)c1ccc(CNC(=O)COC(=O)[C@H]2CC(=O)N(Cc3ccco3)C2)cc1. The van der Waals surface area contributed by atoms with E-state index in [4.69, 9.17) is 9.15 Å². The second-order valence-corrected chi connectivity index (χ2v) is 6.83. The highest BCUT2D eigenvalue weighted by atomic mass is 16.5. The largest absolute Gasteiger partial charge is 0.467 e. The Labute approximate surface area is 172 Å². The highest BCUT2D eigenvalue weighted by Gasteiger charge is 2.35. The summed E-state index contributed by atoms with van der Waals surface area (Å²) in [5, 5.41) is 2.63. The number of hydrogen-bond donors (Lipinski definition) is 1. The van der Waals surface area contributed by atoms with Crippen molar-refractivity contribution < 1.29 is 33.1 Å². The van der Waals surface area contributed by atoms with Gasteiger partial charge in [0.1, 0.15) is 5.76 Å². The number of hydrogen-bond acceptors (Lipinski definition) is 7. The molecule has 1 aromatic carbocycles. The fourth-order valence-corrected chi connectivity index (χ4v) is 3.06. The second kappa shape index (κ2) is 9.73. The number of benzene rings is 1. The first kappa shape index (κ1) is 21.1. The molecule has 0 radical (unpaired) electrons. The maximum atomic E-state index is 12.2. The van der Waals surface area contributed by atoms with Crippen molar-refractivity contribution in [2.24, 2.45) is 5.92 Å². The Hall–Kier alpha value is -3.62. The van der Waals surface area contributed by atoms with Gasteiger partial charge in [-0.05, 0) is 29.8 Å². The van der Waals surface area contributed by atoms with Crippen LogP contribution in [0.2, 0.25) is 0 Å². The molecule has 1 atom stereocenters. The monoisotopic (exact) mass is 414 g/mol. The number of esters is 2. The minimum atomic E-state index is -0.605. The summed E-state index contributed by atoms with van der Waals surface area (Å²) in [6.07, 6.45) is 1.57. The van der Waals surface area contributed by atoms with Crippen LogP contribution in [0.3, 0.4) is 0 Å². The van der Waals surface area contributed by atoms with Crippen molar-refractivity contribution in [2.45, 2.75) is 19.5 Å². The lowest BCUT2D eigenvalue weighted by molar-refractivity contribution is -0.152. The van der Waals surface area contributed by atoms with Gasteiger partial charge in [-0.15, -0.1) is 0 Å². The lowest BCUT2D eigenvalue weighted by Gasteiger charge is -2.14. The van der Waals surface area contributed by atoms with Crippen LogP contribution in [0.25, 0.3) is 0 Å². The number of nitrogens with zero attached hydrogens (tertiary/aromatic N) is 1. The summed E-state index contributed by atoms with van der Waals surface area (Å²) in [4.78, 5) is 49.1. The molecule has 0 unspecified atom stereocenters. The van der Waals surface area contributed by atoms with Gasteiger partial charge in [0.15, 0.2) is 6.61 Å². The molecule has 2 heterocycles. The van der Waals surface area contributed by atoms with Crippen molar-refractivity contribution in [1.82, 2.24) is 10.2 Å². The highest BCUT2D eigenvalue weighted by molar-refractivity contribution is 5.89. The first-order valence-electron chi connectivity index (χ1n) is 9.37. The number of carbonyl (C=O) groups is 4. The molecule has 0 aliphatic carbocycles. The molecule has 9 heteroatoms. The Morgan fingerprint density at radius 3 is 2.63 bits per heavy atom. The molecule has 1 fully saturated rings. The van der Waals surface area contributed by atoms with E-state index in [1.807, 2.05) is 0 Å². The molecule has 0 bridgehead atoms. The van der Waals surface area contributed by atoms with Gasteiger partial charge in [-0.3, -0.25) is 14.4 Å². The van der Waals surface area contributed by atoms with Gasteiger partial charge in [-0.25, -0.2) is 4.79 Å². The van der Waals surface area contributed by atoms with Crippen LogP contribution in [0.15, 0.2) is 47.1 Å². The summed E-state index contributed by atoms with van der Waals surface area (Å²) < 4.78 is 14.9. The molecular weight excluding hydrogens is 392 g/mol. The Balaban J connectivity index is 1.39. The lowest BCUT2D eigenvalue weighted by Crippen LogP contribution is -2.31. The van der Waals surface area contributed by atoms with Crippen LogP contribution in [0.1, 0.15) is 28.1 Å². The van der Waals surface area contributed by atoms with Gasteiger partial charge >= 0.3 is 11.9 Å². The van der Waals surface area contributed by atoms with Crippen molar-refractivity contribution in [1.29, 1.82) is 0 Å². The summed E-state index contributed by atoms with van der Waals surface area (Å²) in [6, 6.07) is 10.1. The van der Waals surface area contributed by atoms with Crippen molar-refractivity contribution in [3.8, 4) is 0 Å². The Morgan fingerprint density at radius 2 is 1.97 bits per heavy atom. The molecule has 3 rings (SSSR count). The van der Waals surface area contributed by atoms with Crippen LogP contribution in [0, 0.1) is 5.92 Å². The van der Waals surface area contributed by atoms with Gasteiger partial charge in [-0.1, -0.05) is 12.1 Å². The topological polar surface area (TPSA) is 115 Å². The Kier molecular flexibility index (Phi) is 6.84. The number of furan rings is 1. The molecule has 2 amide bonds. The molecule has 2 aromatic rings. The summed E-state index contributed by atoms with van der Waals surface area (Å²) in [7, 11) is 1.30. The zero-order valence-corrected chi connectivity index (χ0v) is 16.5. The van der Waals surface area contributed by atoms with E-state index >= 15 is 0 Å². The van der Waals surface area contributed by atoms with Crippen LogP contribution in [0.4, 0.5) is 0 Å². The van der Waals surface area contributed by atoms with Gasteiger partial charge < -0.3 is 24.1 Å². The molecule has 1 N–H and O–H groups in total. The molecule has 158 valence electrons. The van der Waals surface area contributed by atoms with Crippen molar-refractivity contribution in [3.05, 3.63) is 59.5 Å². The van der Waals surface area contributed by atoms with Gasteiger partial charge in [0, 0.05) is 19.5 Å². The van der Waals surface area contributed by atoms with Crippen LogP contribution in [-0.2, 0) is 36.9 Å². The normalized spacial score (nSPS) is 15.7. The van der Waals surface area contributed by atoms with Gasteiger partial charge in [0.25, 0.3) is 5.91 Å². The van der Waals surface area contributed by atoms with E-state index in [9.17, 15) is 19.2 Å². The number of nitrogens with one attached hydrogen (secondary N) is 1. The first-order chi connectivity index (χ1) is 14.5. The predicted octanol–water partition coefficient (Wildman–Crippen LogP) is 1.27. The molecule has 1 aromatic heterocycles. The first-order valence-corrected chi connectivity index (χ1v) is 9.37. The Morgan fingerprint density at radius 1 is 1.20 bits per heavy atom. The maximum absolute atomic E-state index is 12.2. The maximum Gasteiger partial charge on any atom is 0.337 e. The average Bonchev–Trinajstić information content (AvgIpc) is 3.40. The number of carbonyl (C=O) groups excluding carboxylic acids is 4. The second-order valence-electron chi connectivity index (χ2n) is 6.83. The molecule has 9 nitrogen and oxygen atoms in total. The van der Waals surface area contributed by atoms with E-state index in [-0.39, 0.29) is 25.4 Å². The fourth-order valence-electron chi connectivity index (χ4n) is 3.06. The van der Waals surface area contributed by atoms with E-state index in [1.165, 1.54) is 18.3 Å². The van der Waals surface area contributed by atoms with Gasteiger partial charge in [0.05, 0.1) is 31.4 Å². The van der Waals surface area contributed by atoms with E-state index < -0.39 is 30.4 Å². The molecular formula is C21H22N2O7. The zero-order chi connectivity index (χ0) is 21.5. The molecule has 30 heavy (non-hydrogen) atoms. The summed E-state index contributed by atoms with van der Waals surface area (Å²) in [6.45, 7) is 0.316. The molecule has 1 saturated heterocycles. The van der Waals surface area contributed by atoms with Crippen LogP contribution in [-0.4, -0.2) is 48.9 Å². The highest BCUT2D eigenvalue weighted by Crippen LogP contribution is 2.21. The van der Waals surface area contributed by atoms with E-state index in [0.717, 1.165) is 5.56 Å². The quantitative estimate of drug-likeness (QED) is 0.647. The average molecular weight is 414 g/mol. The summed E-state index contributed by atoms with van der Waals surface area (Å²) >= 11 is 0. The minimum absolute atomic E-state index is 0.0493. The van der Waals surface area contributed by atoms with E-state index in [0.29, 0.717) is 17.9 Å². The van der Waals surface area contributed by atoms with Crippen LogP contribution >= 0.6 is 0 Å². The minimum Gasteiger partial charge on any atom is -0.467 e. The fraction of sp³-hybridized carbons (Fsp3) is 0.333. The number of likely N-dealkylation sites (tertiary alicyclic amines) is 1. The Bertz CT molecular complexity index is 906. The van der Waals surface area contributed by atoms with E-state index in [2.05, 4.69) is 10.1 Å². The number of rotatable bonds is 8. The predicted molar refractivity (Wildman–Crippen MR) is 103 cm³/mol. The van der Waals surface area contributed by atoms with Crippen molar-refractivity contribution in [2.75, 3.05) is 20.3 Å². The summed E-state index contributed by atoms with van der Waals surface area (Å²) in [5.74, 6) is -1.61. The van der Waals surface area contributed by atoms with Crippen LogP contribution < -0.4 is 5.32 Å². The number of ether oxygens (including phenoxy) is 2. The number of methoxy groups -OCH3 is 1. The smallest absolute Gasteiger partial charge is 0.337 e. The summed E-state index contributed by atoms with van der Waals surface area (Å²) in [5.41, 5.74) is 1.19. The zero-order valence-electron chi connectivity index (χ0n) is 16.5. The van der Waals surface area contributed by atoms with Crippen molar-refractivity contribution >= 4 is 23.8 Å². The lowest BCUT2D eigenvalue weighted by atomic mass is 10.1. The van der Waals surface area contributed by atoms with Gasteiger partial charge in [0.2, 0.25) is 5.91 Å². The molecule has 0 saturated carbocycles. The third-order valence-corrected chi connectivity index (χ3v) is 4.68. The van der Waals surface area contributed by atoms with Crippen LogP contribution in [0.5, 0.6) is 0 Å². The molecule has 0 spiro atoms. The molecule has 1 aliphatic heterocycles. The third kappa shape index (κ3) is 5.47. The third-order valence-electron chi connectivity index (χ3n) is 4.68. The van der Waals surface area contributed by atoms with Crippen molar-refractivity contribution in [3.63, 3.8) is 0 Å². The standard InChI is InChI=1S/C21H22N2O7/c1-28-20(26)15-6-4-14(5-7-15)10-22-18(24)13-30-21(27)16-9-19(25)23(11-16)12-17-3-2-8-29-17/h2-8,16H,9-13H2,1H3,(H,22,24)/t16-/m0/s1. The number of amides is 2. The van der Waals surface area contributed by atoms with Gasteiger partial charge in [-0.2, -0.15) is 0 Å². The van der Waals surface area contributed by atoms with E-state index in [1.54, 1.807) is 36.4 Å². The molecule has 1 aliphatic rings.